The van der Waals surface area contributed by atoms with Gasteiger partial charge in [0.2, 0.25) is 11.9 Å². The van der Waals surface area contributed by atoms with Crippen molar-refractivity contribution >= 4 is 34.4 Å². The van der Waals surface area contributed by atoms with Crippen molar-refractivity contribution in [2.24, 2.45) is 0 Å². The molecule has 210 valence electrons. The molecule has 0 unspecified atom stereocenters. The first-order chi connectivity index (χ1) is 19.5. The molecule has 4 aliphatic rings. The van der Waals surface area contributed by atoms with E-state index >= 15 is 0 Å². The monoisotopic (exact) mass is 542 g/mol. The van der Waals surface area contributed by atoms with Gasteiger partial charge in [-0.1, -0.05) is 12.5 Å². The highest BCUT2D eigenvalue weighted by Crippen LogP contribution is 2.42. The first kappa shape index (κ1) is 25.6. The first-order valence-electron chi connectivity index (χ1n) is 14.9. The molecule has 2 bridgehead atoms. The Morgan fingerprint density at radius 1 is 1.05 bits per heavy atom. The number of hydrogen-bond donors (Lipinski definition) is 2. The van der Waals surface area contributed by atoms with Crippen LogP contribution in [0.15, 0.2) is 24.4 Å². The van der Waals surface area contributed by atoms with Gasteiger partial charge in [0.25, 0.3) is 0 Å². The topological polar surface area (TPSA) is 111 Å². The second kappa shape index (κ2) is 10.6. The number of carbonyl (C=O) groups excluding carboxylic acids is 1. The van der Waals surface area contributed by atoms with Gasteiger partial charge >= 0.3 is 0 Å². The average molecular weight is 543 g/mol. The number of aliphatic hydroxyl groups is 1. The molecule has 3 saturated heterocycles. The highest BCUT2D eigenvalue weighted by molar-refractivity contribution is 5.90. The number of amides is 1. The number of likely N-dealkylation sites (tertiary alicyclic amines) is 1. The van der Waals surface area contributed by atoms with Crippen LogP contribution in [-0.2, 0) is 17.8 Å². The van der Waals surface area contributed by atoms with Crippen molar-refractivity contribution in [3.05, 3.63) is 41.3 Å². The number of nitrogens with zero attached hydrogens (tertiary/aromatic N) is 7. The Hall–Kier alpha value is -3.37. The summed E-state index contributed by atoms with van der Waals surface area (Å²) in [6.07, 6.45) is 10.3. The molecule has 2 N–H and O–H groups in total. The van der Waals surface area contributed by atoms with Crippen molar-refractivity contribution in [3.8, 4) is 0 Å². The van der Waals surface area contributed by atoms with Gasteiger partial charge in [0.05, 0.1) is 18.3 Å². The predicted molar refractivity (Wildman–Crippen MR) is 153 cm³/mol. The lowest BCUT2D eigenvalue weighted by molar-refractivity contribution is -0.133. The zero-order chi connectivity index (χ0) is 27.2. The minimum absolute atomic E-state index is 0.217. The number of aromatic nitrogens is 4. The van der Waals surface area contributed by atoms with Crippen molar-refractivity contribution in [2.75, 3.05) is 36.4 Å². The standard InChI is InChI=1S/C30H38N8O2/c1-19(39)25-15-21-16-31-30(35-28(21)29(33-25)38-22-6-7-23(38)9-8-22)34-26-10-5-20-17-37(14-11-24(20)32-26)27(40)18-36-12-3-2-4-13-36/h5,10,15-16,19,22-23,39H,2-4,6-9,11-14,17-18H2,1H3,(H,31,32,34,35)/t19-,22?,23?/m1/s1. The van der Waals surface area contributed by atoms with Crippen LogP contribution < -0.4 is 10.2 Å². The Balaban J connectivity index is 1.10. The summed E-state index contributed by atoms with van der Waals surface area (Å²) in [5.41, 5.74) is 3.58. The molecule has 10 nitrogen and oxygen atoms in total. The van der Waals surface area contributed by atoms with Crippen LogP contribution in [0, 0.1) is 0 Å². The molecule has 40 heavy (non-hydrogen) atoms. The number of piperidine rings is 1. The lowest BCUT2D eigenvalue weighted by Crippen LogP contribution is -2.44. The molecule has 4 aliphatic heterocycles. The maximum absolute atomic E-state index is 12.9. The quantitative estimate of drug-likeness (QED) is 0.481. The highest BCUT2D eigenvalue weighted by atomic mass is 16.3. The third kappa shape index (κ3) is 4.88. The maximum Gasteiger partial charge on any atom is 0.237 e. The second-order valence-corrected chi connectivity index (χ2v) is 11.9. The van der Waals surface area contributed by atoms with Crippen molar-refractivity contribution in [1.82, 2.24) is 29.7 Å². The fourth-order valence-corrected chi connectivity index (χ4v) is 6.98. The van der Waals surface area contributed by atoms with Crippen molar-refractivity contribution in [3.63, 3.8) is 0 Å². The predicted octanol–water partition coefficient (Wildman–Crippen LogP) is 3.72. The molecule has 1 amide bonds. The van der Waals surface area contributed by atoms with E-state index in [4.69, 9.17) is 15.0 Å². The summed E-state index contributed by atoms with van der Waals surface area (Å²) in [7, 11) is 0. The molecule has 3 aromatic rings. The van der Waals surface area contributed by atoms with Crippen LogP contribution in [0.4, 0.5) is 17.6 Å². The Labute approximate surface area is 234 Å². The molecule has 3 fully saturated rings. The fourth-order valence-electron chi connectivity index (χ4n) is 6.98. The van der Waals surface area contributed by atoms with E-state index < -0.39 is 6.10 Å². The third-order valence-electron chi connectivity index (χ3n) is 9.14. The van der Waals surface area contributed by atoms with E-state index in [2.05, 4.69) is 26.2 Å². The lowest BCUT2D eigenvalue weighted by Gasteiger charge is -2.32. The number of carbonyl (C=O) groups is 1. The van der Waals surface area contributed by atoms with Gasteiger partial charge in [-0.05, 0) is 76.2 Å². The van der Waals surface area contributed by atoms with Crippen LogP contribution in [0.3, 0.4) is 0 Å². The number of hydrogen-bond acceptors (Lipinski definition) is 9. The third-order valence-corrected chi connectivity index (χ3v) is 9.14. The lowest BCUT2D eigenvalue weighted by atomic mass is 10.0. The van der Waals surface area contributed by atoms with Gasteiger partial charge in [-0.2, -0.15) is 0 Å². The van der Waals surface area contributed by atoms with Crippen LogP contribution >= 0.6 is 0 Å². The minimum Gasteiger partial charge on any atom is -0.387 e. The maximum atomic E-state index is 12.9. The highest BCUT2D eigenvalue weighted by Gasteiger charge is 2.41. The summed E-state index contributed by atoms with van der Waals surface area (Å²) in [5, 5.41) is 14.5. The molecule has 10 heteroatoms. The molecule has 0 saturated carbocycles. The molecule has 0 spiro atoms. The Morgan fingerprint density at radius 3 is 2.58 bits per heavy atom. The van der Waals surface area contributed by atoms with Gasteiger partial charge < -0.3 is 20.2 Å². The first-order valence-corrected chi connectivity index (χ1v) is 14.9. The average Bonchev–Trinajstić information content (AvgIpc) is 3.57. The van der Waals surface area contributed by atoms with Gasteiger partial charge in [-0.25, -0.2) is 19.9 Å². The van der Waals surface area contributed by atoms with Crippen molar-refractivity contribution < 1.29 is 9.90 Å². The van der Waals surface area contributed by atoms with Gasteiger partial charge in [0.15, 0.2) is 5.82 Å². The van der Waals surface area contributed by atoms with E-state index in [1.807, 2.05) is 23.2 Å². The molecular weight excluding hydrogens is 504 g/mol. The van der Waals surface area contributed by atoms with Crippen molar-refractivity contribution in [1.29, 1.82) is 0 Å². The number of aliphatic hydroxyl groups excluding tert-OH is 1. The van der Waals surface area contributed by atoms with Crippen LogP contribution in [0.2, 0.25) is 0 Å². The summed E-state index contributed by atoms with van der Waals surface area (Å²) in [5.74, 6) is 2.25. The second-order valence-electron chi connectivity index (χ2n) is 11.9. The molecule has 0 aliphatic carbocycles. The normalized spacial score (nSPS) is 23.4. The zero-order valence-corrected chi connectivity index (χ0v) is 23.2. The molecule has 0 aromatic carbocycles. The molecule has 1 atom stereocenters. The zero-order valence-electron chi connectivity index (χ0n) is 23.2. The Kier molecular flexibility index (Phi) is 6.75. The SMILES string of the molecule is C[C@@H](O)c1cc2cnc(Nc3ccc4c(n3)CCN(C(=O)CN3CCCCC3)C4)nc2c(N2C3CCC2CC3)n1. The number of fused-ring (bicyclic) bond motifs is 4. The molecule has 0 radical (unpaired) electrons. The largest absolute Gasteiger partial charge is 0.387 e. The van der Waals surface area contributed by atoms with Gasteiger partial charge in [-0.3, -0.25) is 9.69 Å². The van der Waals surface area contributed by atoms with Crippen LogP contribution in [0.1, 0.15) is 74.9 Å². The Bertz CT molecular complexity index is 1400. The Morgan fingerprint density at radius 2 is 1.82 bits per heavy atom. The van der Waals surface area contributed by atoms with Gasteiger partial charge in [-0.15, -0.1) is 0 Å². The van der Waals surface area contributed by atoms with Crippen LogP contribution in [-0.4, -0.2) is 79.0 Å². The number of nitrogens with one attached hydrogen (secondary N) is 1. The van der Waals surface area contributed by atoms with E-state index in [-0.39, 0.29) is 5.91 Å². The van der Waals surface area contributed by atoms with E-state index in [9.17, 15) is 9.90 Å². The number of anilines is 3. The number of pyridine rings is 2. The fraction of sp³-hybridized carbons (Fsp3) is 0.567. The summed E-state index contributed by atoms with van der Waals surface area (Å²) in [6.45, 7) is 5.64. The van der Waals surface area contributed by atoms with Crippen molar-refractivity contribution in [2.45, 2.75) is 83.0 Å². The van der Waals surface area contributed by atoms with Crippen LogP contribution in [0.5, 0.6) is 0 Å². The smallest absolute Gasteiger partial charge is 0.237 e. The molecule has 3 aromatic heterocycles. The van der Waals surface area contributed by atoms with E-state index in [1.54, 1.807) is 6.92 Å². The number of rotatable bonds is 6. The molecule has 7 rings (SSSR count). The van der Waals surface area contributed by atoms with Gasteiger partial charge in [0, 0.05) is 48.9 Å². The van der Waals surface area contributed by atoms with E-state index in [1.165, 1.54) is 44.9 Å². The van der Waals surface area contributed by atoms with E-state index in [0.717, 1.165) is 47.5 Å². The summed E-state index contributed by atoms with van der Waals surface area (Å²) in [6, 6.07) is 6.88. The molecule has 7 heterocycles. The summed E-state index contributed by atoms with van der Waals surface area (Å²) in [4.78, 5) is 38.9. The summed E-state index contributed by atoms with van der Waals surface area (Å²) < 4.78 is 0. The van der Waals surface area contributed by atoms with Crippen LogP contribution in [0.25, 0.3) is 10.9 Å². The molecular formula is C30H38N8O2. The summed E-state index contributed by atoms with van der Waals surface area (Å²) >= 11 is 0. The van der Waals surface area contributed by atoms with E-state index in [0.29, 0.717) is 49.2 Å². The minimum atomic E-state index is -0.656. The van der Waals surface area contributed by atoms with Gasteiger partial charge in [0.1, 0.15) is 11.3 Å².